The van der Waals surface area contributed by atoms with Crippen LogP contribution in [0.5, 0.6) is 0 Å². The van der Waals surface area contributed by atoms with Crippen molar-refractivity contribution in [2.45, 2.75) is 6.54 Å². The van der Waals surface area contributed by atoms with Gasteiger partial charge >= 0.3 is 0 Å². The van der Waals surface area contributed by atoms with Gasteiger partial charge in [-0.2, -0.15) is 0 Å². The van der Waals surface area contributed by atoms with Crippen LogP contribution in [0.3, 0.4) is 0 Å². The van der Waals surface area contributed by atoms with Crippen molar-refractivity contribution in [3.63, 3.8) is 0 Å². The summed E-state index contributed by atoms with van der Waals surface area (Å²) in [5.41, 5.74) is 4.14. The number of thiophene rings is 1. The number of hydrogen-bond donors (Lipinski definition) is 1. The van der Waals surface area contributed by atoms with E-state index in [9.17, 15) is 0 Å². The Labute approximate surface area is 81.0 Å². The average molecular weight is 187 g/mol. The van der Waals surface area contributed by atoms with Crippen LogP contribution in [0.1, 0.15) is 5.56 Å². The van der Waals surface area contributed by atoms with Gasteiger partial charge in [-0.25, -0.2) is 0 Å². The third-order valence-corrected chi connectivity index (χ3v) is 3.28. The van der Waals surface area contributed by atoms with Crippen LogP contribution < -0.4 is 5.32 Å². The smallest absolute Gasteiger partial charge is 0.0965 e. The maximum Gasteiger partial charge on any atom is 0.0965 e. The Hall–Kier alpha value is -1.28. The van der Waals surface area contributed by atoms with Crippen LogP contribution in [0.4, 0.5) is 5.00 Å². The van der Waals surface area contributed by atoms with Crippen LogP contribution in [-0.4, -0.2) is 0 Å². The lowest BCUT2D eigenvalue weighted by Crippen LogP contribution is -2.05. The first kappa shape index (κ1) is 7.15. The molecule has 1 nitrogen and oxygen atoms in total. The van der Waals surface area contributed by atoms with Crippen LogP contribution in [-0.2, 0) is 6.54 Å². The summed E-state index contributed by atoms with van der Waals surface area (Å²) < 4.78 is 0. The SMILES string of the molecule is c1ccc2c(c1)CNc1sccc1-2. The first-order chi connectivity index (χ1) is 6.45. The molecule has 1 aromatic carbocycles. The van der Waals surface area contributed by atoms with Crippen LogP contribution in [0.25, 0.3) is 11.1 Å². The fourth-order valence-corrected chi connectivity index (χ4v) is 2.57. The van der Waals surface area contributed by atoms with E-state index in [1.54, 1.807) is 11.3 Å². The van der Waals surface area contributed by atoms with Crippen molar-refractivity contribution in [2.75, 3.05) is 5.32 Å². The van der Waals surface area contributed by atoms with Gasteiger partial charge < -0.3 is 5.32 Å². The number of fused-ring (bicyclic) bond motifs is 3. The van der Waals surface area contributed by atoms with E-state index in [0.29, 0.717) is 0 Å². The Bertz CT molecular complexity index is 445. The third kappa shape index (κ3) is 0.988. The third-order valence-electron chi connectivity index (χ3n) is 2.41. The van der Waals surface area contributed by atoms with Crippen LogP contribution in [0, 0.1) is 0 Å². The Morgan fingerprint density at radius 3 is 3.00 bits per heavy atom. The molecule has 0 amide bonds. The zero-order valence-corrected chi connectivity index (χ0v) is 7.90. The Morgan fingerprint density at radius 1 is 1.08 bits per heavy atom. The quantitative estimate of drug-likeness (QED) is 0.667. The zero-order chi connectivity index (χ0) is 8.67. The zero-order valence-electron chi connectivity index (χ0n) is 7.08. The average Bonchev–Trinajstić information content (AvgIpc) is 2.65. The summed E-state index contributed by atoms with van der Waals surface area (Å²) in [6.07, 6.45) is 0. The summed E-state index contributed by atoms with van der Waals surface area (Å²) >= 11 is 1.78. The second-order valence-electron chi connectivity index (χ2n) is 3.17. The van der Waals surface area contributed by atoms with Gasteiger partial charge in [0.05, 0.1) is 5.00 Å². The van der Waals surface area contributed by atoms with E-state index < -0.39 is 0 Å². The van der Waals surface area contributed by atoms with E-state index in [0.717, 1.165) is 6.54 Å². The van der Waals surface area contributed by atoms with Crippen molar-refractivity contribution in [2.24, 2.45) is 0 Å². The van der Waals surface area contributed by atoms with Crippen molar-refractivity contribution in [3.05, 3.63) is 41.3 Å². The van der Waals surface area contributed by atoms with Crippen molar-refractivity contribution >= 4 is 16.3 Å². The normalized spacial score (nSPS) is 12.9. The topological polar surface area (TPSA) is 12.0 Å². The van der Waals surface area contributed by atoms with Gasteiger partial charge in [-0.15, -0.1) is 11.3 Å². The molecule has 0 radical (unpaired) electrons. The number of hydrogen-bond acceptors (Lipinski definition) is 2. The van der Waals surface area contributed by atoms with Crippen molar-refractivity contribution in [1.29, 1.82) is 0 Å². The van der Waals surface area contributed by atoms with E-state index >= 15 is 0 Å². The highest BCUT2D eigenvalue weighted by Gasteiger charge is 2.14. The minimum absolute atomic E-state index is 0.962. The van der Waals surface area contributed by atoms with Gasteiger partial charge in [0.15, 0.2) is 0 Å². The Kier molecular flexibility index (Phi) is 1.43. The lowest BCUT2D eigenvalue weighted by atomic mass is 9.99. The summed E-state index contributed by atoms with van der Waals surface area (Å²) in [5, 5.41) is 6.86. The molecule has 1 aliphatic rings. The molecule has 0 unspecified atom stereocenters. The van der Waals surface area contributed by atoms with Crippen molar-refractivity contribution in [1.82, 2.24) is 0 Å². The molecule has 0 aliphatic carbocycles. The summed E-state index contributed by atoms with van der Waals surface area (Å²) in [6.45, 7) is 0.962. The van der Waals surface area contributed by atoms with Gasteiger partial charge in [-0.05, 0) is 22.6 Å². The number of nitrogens with one attached hydrogen (secondary N) is 1. The van der Waals surface area contributed by atoms with Gasteiger partial charge in [0, 0.05) is 12.1 Å². The minimum atomic E-state index is 0.962. The highest BCUT2D eigenvalue weighted by atomic mass is 32.1. The van der Waals surface area contributed by atoms with Crippen molar-refractivity contribution < 1.29 is 0 Å². The first-order valence-corrected chi connectivity index (χ1v) is 5.23. The fourth-order valence-electron chi connectivity index (χ4n) is 1.77. The molecule has 0 atom stereocenters. The maximum atomic E-state index is 3.42. The molecule has 0 fully saturated rings. The molecule has 64 valence electrons. The molecule has 2 heteroatoms. The van der Waals surface area contributed by atoms with Gasteiger partial charge in [-0.3, -0.25) is 0 Å². The second-order valence-corrected chi connectivity index (χ2v) is 4.09. The van der Waals surface area contributed by atoms with Gasteiger partial charge in [0.25, 0.3) is 0 Å². The summed E-state index contributed by atoms with van der Waals surface area (Å²) in [4.78, 5) is 0. The monoisotopic (exact) mass is 187 g/mol. The van der Waals surface area contributed by atoms with E-state index in [1.807, 2.05) is 0 Å². The van der Waals surface area contributed by atoms with E-state index in [4.69, 9.17) is 0 Å². The Balaban J connectivity index is 2.30. The Morgan fingerprint density at radius 2 is 2.00 bits per heavy atom. The van der Waals surface area contributed by atoms with Crippen molar-refractivity contribution in [3.8, 4) is 11.1 Å². The number of anilines is 1. The lowest BCUT2D eigenvalue weighted by molar-refractivity contribution is 1.14. The van der Waals surface area contributed by atoms with Crippen LogP contribution in [0.15, 0.2) is 35.7 Å². The number of rotatable bonds is 0. The van der Waals surface area contributed by atoms with Gasteiger partial charge in [0.1, 0.15) is 0 Å². The molecule has 2 heterocycles. The van der Waals surface area contributed by atoms with Gasteiger partial charge in [0.2, 0.25) is 0 Å². The molecular formula is C11H9NS. The molecule has 3 rings (SSSR count). The standard InChI is InChI=1S/C11H9NS/c1-2-4-9-8(3-1)7-12-11-10(9)5-6-13-11/h1-6,12H,7H2. The largest absolute Gasteiger partial charge is 0.372 e. The second kappa shape index (κ2) is 2.60. The van der Waals surface area contributed by atoms with Gasteiger partial charge in [-0.1, -0.05) is 24.3 Å². The molecule has 0 bridgehead atoms. The molecule has 0 saturated carbocycles. The predicted molar refractivity (Wildman–Crippen MR) is 57.1 cm³/mol. The summed E-state index contributed by atoms with van der Waals surface area (Å²) in [6, 6.07) is 10.8. The van der Waals surface area contributed by atoms with Crippen LogP contribution >= 0.6 is 11.3 Å². The molecule has 0 spiro atoms. The molecule has 1 N–H and O–H groups in total. The lowest BCUT2D eigenvalue weighted by Gasteiger charge is -2.17. The summed E-state index contributed by atoms with van der Waals surface area (Å²) in [5.74, 6) is 0. The molecule has 1 aromatic heterocycles. The molecular weight excluding hydrogens is 178 g/mol. The van der Waals surface area contributed by atoms with E-state index in [-0.39, 0.29) is 0 Å². The van der Waals surface area contributed by atoms with E-state index in [1.165, 1.54) is 21.7 Å². The minimum Gasteiger partial charge on any atom is -0.372 e. The molecule has 0 saturated heterocycles. The van der Waals surface area contributed by atoms with Crippen LogP contribution in [0.2, 0.25) is 0 Å². The number of benzene rings is 1. The predicted octanol–water partition coefficient (Wildman–Crippen LogP) is 3.34. The molecule has 13 heavy (non-hydrogen) atoms. The summed E-state index contributed by atoms with van der Waals surface area (Å²) in [7, 11) is 0. The molecule has 2 aromatic rings. The highest BCUT2D eigenvalue weighted by molar-refractivity contribution is 7.14. The highest BCUT2D eigenvalue weighted by Crippen LogP contribution is 2.38. The van der Waals surface area contributed by atoms with E-state index in [2.05, 4.69) is 41.0 Å². The first-order valence-electron chi connectivity index (χ1n) is 4.35. The fraction of sp³-hybridized carbons (Fsp3) is 0.0909. The maximum absolute atomic E-state index is 3.42. The molecule has 1 aliphatic heterocycles.